The van der Waals surface area contributed by atoms with Gasteiger partial charge in [0.2, 0.25) is 10.0 Å². The monoisotopic (exact) mass is 190 g/mol. The number of hydrogen-bond acceptors (Lipinski definition) is 3. The lowest BCUT2D eigenvalue weighted by atomic mass is 10.2. The molecule has 0 saturated heterocycles. The zero-order valence-corrected chi connectivity index (χ0v) is 7.89. The lowest BCUT2D eigenvalue weighted by molar-refractivity contribution is 0.565. The van der Waals surface area contributed by atoms with Crippen molar-refractivity contribution in [1.29, 1.82) is 0 Å². The van der Waals surface area contributed by atoms with Crippen LogP contribution in [0.1, 0.15) is 13.3 Å². The molecule has 0 aliphatic carbocycles. The molecule has 0 rings (SSSR count). The third-order valence-electron chi connectivity index (χ3n) is 1.30. The molecule has 1 atom stereocenters. The van der Waals surface area contributed by atoms with E-state index in [-0.39, 0.29) is 11.8 Å². The first kappa shape index (κ1) is 11.4. The van der Waals surface area contributed by atoms with Crippen molar-refractivity contribution >= 4 is 10.0 Å². The van der Waals surface area contributed by atoms with E-state index in [0.717, 1.165) is 0 Å². The number of hydrogen-bond donors (Lipinski definition) is 2. The largest absolute Gasteiger partial charge is 0.312 e. The van der Waals surface area contributed by atoms with Crippen molar-refractivity contribution in [1.82, 2.24) is 5.32 Å². The Morgan fingerprint density at radius 1 is 1.67 bits per heavy atom. The summed E-state index contributed by atoms with van der Waals surface area (Å²) in [5.41, 5.74) is 0. The third-order valence-corrected chi connectivity index (χ3v) is 2.08. The van der Waals surface area contributed by atoms with E-state index in [0.29, 0.717) is 13.0 Å². The molecule has 0 radical (unpaired) electrons. The maximum Gasteiger partial charge on any atom is 0.210 e. The summed E-state index contributed by atoms with van der Waals surface area (Å²) in [7, 11) is -3.35. The summed E-state index contributed by atoms with van der Waals surface area (Å²) in [6.07, 6.45) is 5.64. The summed E-state index contributed by atoms with van der Waals surface area (Å²) in [6.45, 7) is 2.24. The van der Waals surface area contributed by atoms with Crippen molar-refractivity contribution in [2.45, 2.75) is 19.4 Å². The fourth-order valence-electron chi connectivity index (χ4n) is 0.697. The SMILES string of the molecule is C#CCC(C)NCCS(N)(=O)=O. The average Bonchev–Trinajstić information content (AvgIpc) is 1.84. The van der Waals surface area contributed by atoms with Gasteiger partial charge in [-0.05, 0) is 6.92 Å². The normalized spacial score (nSPS) is 13.8. The highest BCUT2D eigenvalue weighted by atomic mass is 32.2. The van der Waals surface area contributed by atoms with E-state index in [1.807, 2.05) is 6.92 Å². The van der Waals surface area contributed by atoms with Crippen LogP contribution in [0.4, 0.5) is 0 Å². The quantitative estimate of drug-likeness (QED) is 0.562. The van der Waals surface area contributed by atoms with Crippen molar-refractivity contribution in [3.63, 3.8) is 0 Å². The summed E-state index contributed by atoms with van der Waals surface area (Å²) in [5, 5.41) is 7.73. The van der Waals surface area contributed by atoms with Crippen molar-refractivity contribution in [2.24, 2.45) is 5.14 Å². The van der Waals surface area contributed by atoms with Crippen LogP contribution in [0.15, 0.2) is 0 Å². The van der Waals surface area contributed by atoms with Gasteiger partial charge in [0, 0.05) is 19.0 Å². The number of nitrogens with two attached hydrogens (primary N) is 1. The predicted octanol–water partition coefficient (Wildman–Crippen LogP) is -0.724. The second kappa shape index (κ2) is 5.14. The average molecular weight is 190 g/mol. The fourth-order valence-corrected chi connectivity index (χ4v) is 1.10. The smallest absolute Gasteiger partial charge is 0.210 e. The zero-order chi connectivity index (χ0) is 9.61. The standard InChI is InChI=1S/C7H14N2O2S/c1-3-4-7(2)9-5-6-12(8,10)11/h1,7,9H,4-6H2,2H3,(H2,8,10,11). The van der Waals surface area contributed by atoms with Gasteiger partial charge in [-0.15, -0.1) is 12.3 Å². The van der Waals surface area contributed by atoms with Crippen LogP contribution in [0.5, 0.6) is 0 Å². The van der Waals surface area contributed by atoms with Crippen LogP contribution in [-0.2, 0) is 10.0 Å². The Balaban J connectivity index is 3.52. The fraction of sp³-hybridized carbons (Fsp3) is 0.714. The van der Waals surface area contributed by atoms with Crippen LogP contribution in [-0.4, -0.2) is 26.8 Å². The maximum absolute atomic E-state index is 10.5. The van der Waals surface area contributed by atoms with Crippen LogP contribution >= 0.6 is 0 Å². The van der Waals surface area contributed by atoms with Gasteiger partial charge >= 0.3 is 0 Å². The Hall–Kier alpha value is -0.570. The molecule has 0 spiro atoms. The molecule has 12 heavy (non-hydrogen) atoms. The first-order valence-corrected chi connectivity index (χ1v) is 5.34. The number of rotatable bonds is 5. The molecule has 0 heterocycles. The molecule has 0 fully saturated rings. The van der Waals surface area contributed by atoms with E-state index in [2.05, 4.69) is 11.2 Å². The molecular weight excluding hydrogens is 176 g/mol. The van der Waals surface area contributed by atoms with Crippen molar-refractivity contribution in [2.75, 3.05) is 12.3 Å². The number of sulfonamides is 1. The molecule has 3 N–H and O–H groups in total. The van der Waals surface area contributed by atoms with Gasteiger partial charge in [0.15, 0.2) is 0 Å². The van der Waals surface area contributed by atoms with Crippen molar-refractivity contribution < 1.29 is 8.42 Å². The Bertz CT molecular complexity index is 253. The number of nitrogens with one attached hydrogen (secondary N) is 1. The highest BCUT2D eigenvalue weighted by Gasteiger charge is 2.03. The molecule has 4 nitrogen and oxygen atoms in total. The lowest BCUT2D eigenvalue weighted by Gasteiger charge is -2.08. The summed E-state index contributed by atoms with van der Waals surface area (Å²) < 4.78 is 20.9. The van der Waals surface area contributed by atoms with Gasteiger partial charge in [-0.3, -0.25) is 0 Å². The number of primary sulfonamides is 1. The van der Waals surface area contributed by atoms with E-state index in [1.165, 1.54) is 0 Å². The molecule has 0 aromatic heterocycles. The van der Waals surface area contributed by atoms with Crippen LogP contribution in [0.3, 0.4) is 0 Å². The van der Waals surface area contributed by atoms with E-state index >= 15 is 0 Å². The summed E-state index contributed by atoms with van der Waals surface area (Å²) in [5.74, 6) is 2.42. The van der Waals surface area contributed by atoms with E-state index < -0.39 is 10.0 Å². The molecule has 0 aromatic rings. The maximum atomic E-state index is 10.5. The lowest BCUT2D eigenvalue weighted by Crippen LogP contribution is -2.32. The van der Waals surface area contributed by atoms with Crippen LogP contribution in [0, 0.1) is 12.3 Å². The Kier molecular flexibility index (Phi) is 4.90. The highest BCUT2D eigenvalue weighted by molar-refractivity contribution is 7.89. The van der Waals surface area contributed by atoms with Crippen molar-refractivity contribution in [3.8, 4) is 12.3 Å². The summed E-state index contributed by atoms with van der Waals surface area (Å²) in [6, 6.07) is 0.136. The molecule has 0 bridgehead atoms. The molecule has 0 aliphatic rings. The molecular formula is C7H14N2O2S. The minimum atomic E-state index is -3.35. The van der Waals surface area contributed by atoms with Gasteiger partial charge in [-0.1, -0.05) is 0 Å². The minimum absolute atomic E-state index is 0.0537. The highest BCUT2D eigenvalue weighted by Crippen LogP contribution is 1.86. The van der Waals surface area contributed by atoms with Gasteiger partial charge in [0.25, 0.3) is 0 Å². The topological polar surface area (TPSA) is 72.2 Å². The Morgan fingerprint density at radius 2 is 2.25 bits per heavy atom. The minimum Gasteiger partial charge on any atom is -0.312 e. The van der Waals surface area contributed by atoms with Gasteiger partial charge in [-0.2, -0.15) is 0 Å². The summed E-state index contributed by atoms with van der Waals surface area (Å²) >= 11 is 0. The first-order chi connectivity index (χ1) is 5.45. The summed E-state index contributed by atoms with van der Waals surface area (Å²) in [4.78, 5) is 0. The number of terminal acetylenes is 1. The van der Waals surface area contributed by atoms with Crippen LogP contribution in [0.2, 0.25) is 0 Å². The molecule has 0 amide bonds. The molecule has 1 unspecified atom stereocenters. The second-order valence-corrected chi connectivity index (χ2v) is 4.36. The van der Waals surface area contributed by atoms with Crippen LogP contribution < -0.4 is 10.5 Å². The Morgan fingerprint density at radius 3 is 2.67 bits per heavy atom. The molecule has 0 aliphatic heterocycles. The molecule has 0 aromatic carbocycles. The van der Waals surface area contributed by atoms with E-state index in [9.17, 15) is 8.42 Å². The molecule has 70 valence electrons. The molecule has 5 heteroatoms. The van der Waals surface area contributed by atoms with Gasteiger partial charge in [0.1, 0.15) is 0 Å². The van der Waals surface area contributed by atoms with Gasteiger partial charge in [-0.25, -0.2) is 13.6 Å². The Labute approximate surface area is 73.6 Å². The zero-order valence-electron chi connectivity index (χ0n) is 7.08. The third kappa shape index (κ3) is 7.54. The van der Waals surface area contributed by atoms with Crippen molar-refractivity contribution in [3.05, 3.63) is 0 Å². The molecule has 0 saturated carbocycles. The van der Waals surface area contributed by atoms with Gasteiger partial charge in [0.05, 0.1) is 5.75 Å². The van der Waals surface area contributed by atoms with Gasteiger partial charge < -0.3 is 5.32 Å². The predicted molar refractivity (Wildman–Crippen MR) is 48.9 cm³/mol. The van der Waals surface area contributed by atoms with E-state index in [4.69, 9.17) is 11.6 Å². The van der Waals surface area contributed by atoms with E-state index in [1.54, 1.807) is 0 Å². The first-order valence-electron chi connectivity index (χ1n) is 3.63. The van der Waals surface area contributed by atoms with Crippen LogP contribution in [0.25, 0.3) is 0 Å². The second-order valence-electron chi connectivity index (χ2n) is 2.63.